The van der Waals surface area contributed by atoms with E-state index in [0.717, 1.165) is 0 Å². The Bertz CT molecular complexity index is 472. The lowest BCUT2D eigenvalue weighted by Crippen LogP contribution is -2.43. The van der Waals surface area contributed by atoms with E-state index in [0.29, 0.717) is 31.0 Å². The third kappa shape index (κ3) is 6.33. The minimum atomic E-state index is -0.426. The molecule has 21 heavy (non-hydrogen) atoms. The smallest absolute Gasteiger partial charge is 0.217 e. The van der Waals surface area contributed by atoms with Gasteiger partial charge in [0.15, 0.2) is 11.5 Å². The molecule has 0 saturated heterocycles. The third-order valence-electron chi connectivity index (χ3n) is 2.97. The molecule has 116 valence electrons. The second kappa shape index (κ2) is 8.34. The lowest BCUT2D eigenvalue weighted by Gasteiger charge is -2.20. The molecule has 0 aliphatic carbocycles. The van der Waals surface area contributed by atoms with Crippen LogP contribution in [0, 0.1) is 12.8 Å². The summed E-state index contributed by atoms with van der Waals surface area (Å²) in [5, 5.41) is 2.69. The summed E-state index contributed by atoms with van der Waals surface area (Å²) in [5.74, 6) is 1.20. The van der Waals surface area contributed by atoms with Crippen LogP contribution in [0.25, 0.3) is 0 Å². The summed E-state index contributed by atoms with van der Waals surface area (Å²) in [4.78, 5) is 31.2. The van der Waals surface area contributed by atoms with Gasteiger partial charge in [-0.3, -0.25) is 9.59 Å². The fraction of sp³-hybridized carbons (Fsp3) is 0.600. The van der Waals surface area contributed by atoms with E-state index in [1.165, 1.54) is 6.92 Å². The fourth-order valence-corrected chi connectivity index (χ4v) is 1.89. The highest BCUT2D eigenvalue weighted by Crippen LogP contribution is 2.09. The van der Waals surface area contributed by atoms with E-state index in [1.54, 1.807) is 19.3 Å². The van der Waals surface area contributed by atoms with Gasteiger partial charge < -0.3 is 10.1 Å². The van der Waals surface area contributed by atoms with Crippen molar-refractivity contribution >= 4 is 11.7 Å². The first-order valence-electron chi connectivity index (χ1n) is 7.11. The Morgan fingerprint density at radius 3 is 2.43 bits per heavy atom. The standard InChI is InChI=1S/C15H23N3O3/c1-10(2)15(18-12(4)19)14(20)6-5-7-21-13-8-16-11(3)17-9-13/h8-10,15H,5-7H2,1-4H3,(H,18,19)/t15-/m0/s1. The number of aryl methyl sites for hydroxylation is 1. The van der Waals surface area contributed by atoms with Crippen molar-refractivity contribution < 1.29 is 14.3 Å². The molecule has 0 aliphatic rings. The van der Waals surface area contributed by atoms with Gasteiger partial charge in [-0.25, -0.2) is 9.97 Å². The van der Waals surface area contributed by atoms with Crippen LogP contribution >= 0.6 is 0 Å². The second-order valence-electron chi connectivity index (χ2n) is 5.31. The van der Waals surface area contributed by atoms with Crippen molar-refractivity contribution in [3.05, 3.63) is 18.2 Å². The largest absolute Gasteiger partial charge is 0.490 e. The molecule has 0 unspecified atom stereocenters. The van der Waals surface area contributed by atoms with Crippen LogP contribution in [0.5, 0.6) is 5.75 Å². The van der Waals surface area contributed by atoms with Gasteiger partial charge in [0.25, 0.3) is 0 Å². The monoisotopic (exact) mass is 293 g/mol. The molecule has 1 rings (SSSR count). The number of hydrogen-bond acceptors (Lipinski definition) is 5. The van der Waals surface area contributed by atoms with Gasteiger partial charge in [0.05, 0.1) is 25.0 Å². The minimum absolute atomic E-state index is 0.0314. The van der Waals surface area contributed by atoms with Crippen LogP contribution < -0.4 is 10.1 Å². The highest BCUT2D eigenvalue weighted by molar-refractivity contribution is 5.88. The van der Waals surface area contributed by atoms with E-state index in [1.807, 2.05) is 13.8 Å². The van der Waals surface area contributed by atoms with E-state index >= 15 is 0 Å². The Morgan fingerprint density at radius 1 is 1.29 bits per heavy atom. The molecule has 1 atom stereocenters. The highest BCUT2D eigenvalue weighted by atomic mass is 16.5. The Morgan fingerprint density at radius 2 is 1.90 bits per heavy atom. The van der Waals surface area contributed by atoms with Crippen LogP contribution in [0.3, 0.4) is 0 Å². The first-order valence-corrected chi connectivity index (χ1v) is 7.11. The Balaban J connectivity index is 2.34. The van der Waals surface area contributed by atoms with Crippen LogP contribution in [-0.4, -0.2) is 34.3 Å². The van der Waals surface area contributed by atoms with Crippen LogP contribution in [-0.2, 0) is 9.59 Å². The summed E-state index contributed by atoms with van der Waals surface area (Å²) in [6.45, 7) is 7.47. The number of ketones is 1. The van der Waals surface area contributed by atoms with Gasteiger partial charge >= 0.3 is 0 Å². The van der Waals surface area contributed by atoms with Crippen molar-refractivity contribution in [2.75, 3.05) is 6.61 Å². The molecule has 0 aliphatic heterocycles. The molecule has 6 heteroatoms. The second-order valence-corrected chi connectivity index (χ2v) is 5.31. The van der Waals surface area contributed by atoms with Crippen LogP contribution in [0.4, 0.5) is 0 Å². The molecule has 1 heterocycles. The molecule has 1 amide bonds. The Hall–Kier alpha value is -1.98. The number of Topliss-reactive ketones (excluding diaryl/α,β-unsaturated/α-hetero) is 1. The third-order valence-corrected chi connectivity index (χ3v) is 2.97. The molecule has 1 aromatic heterocycles. The maximum absolute atomic E-state index is 12.1. The summed E-state index contributed by atoms with van der Waals surface area (Å²) >= 11 is 0. The first kappa shape index (κ1) is 17.1. The number of carbonyl (C=O) groups excluding carboxylic acids is 2. The Labute approximate surface area is 125 Å². The number of rotatable bonds is 8. The highest BCUT2D eigenvalue weighted by Gasteiger charge is 2.22. The van der Waals surface area contributed by atoms with E-state index in [2.05, 4.69) is 15.3 Å². The predicted molar refractivity (Wildman–Crippen MR) is 78.9 cm³/mol. The molecule has 0 radical (unpaired) electrons. The molecule has 6 nitrogen and oxygen atoms in total. The molecule has 0 saturated carbocycles. The van der Waals surface area contributed by atoms with Crippen LogP contribution in [0.1, 0.15) is 39.4 Å². The maximum Gasteiger partial charge on any atom is 0.217 e. The zero-order valence-electron chi connectivity index (χ0n) is 13.0. The number of nitrogens with zero attached hydrogens (tertiary/aromatic N) is 2. The average Bonchev–Trinajstić information content (AvgIpc) is 2.42. The minimum Gasteiger partial charge on any atom is -0.490 e. The Kier molecular flexibility index (Phi) is 6.78. The molecule has 0 bridgehead atoms. The van der Waals surface area contributed by atoms with E-state index in [9.17, 15) is 9.59 Å². The normalized spacial score (nSPS) is 12.0. The van der Waals surface area contributed by atoms with Crippen molar-refractivity contribution in [1.29, 1.82) is 0 Å². The van der Waals surface area contributed by atoms with Crippen molar-refractivity contribution in [3.8, 4) is 5.75 Å². The molecule has 1 N–H and O–H groups in total. The van der Waals surface area contributed by atoms with Crippen molar-refractivity contribution in [3.63, 3.8) is 0 Å². The summed E-state index contributed by atoms with van der Waals surface area (Å²) in [7, 11) is 0. The number of amides is 1. The van der Waals surface area contributed by atoms with Gasteiger partial charge in [-0.05, 0) is 19.3 Å². The molecule has 0 aromatic carbocycles. The van der Waals surface area contributed by atoms with Crippen LogP contribution in [0.2, 0.25) is 0 Å². The van der Waals surface area contributed by atoms with E-state index in [-0.39, 0.29) is 17.6 Å². The molecular weight excluding hydrogens is 270 g/mol. The first-order chi connectivity index (χ1) is 9.90. The number of hydrogen-bond donors (Lipinski definition) is 1. The number of nitrogens with one attached hydrogen (secondary N) is 1. The quantitative estimate of drug-likeness (QED) is 0.737. The van der Waals surface area contributed by atoms with Gasteiger partial charge in [-0.1, -0.05) is 13.8 Å². The van der Waals surface area contributed by atoms with Gasteiger partial charge in [-0.2, -0.15) is 0 Å². The lowest BCUT2D eigenvalue weighted by atomic mass is 9.97. The molecular formula is C15H23N3O3. The van der Waals surface area contributed by atoms with Gasteiger partial charge in [0.2, 0.25) is 5.91 Å². The van der Waals surface area contributed by atoms with Crippen molar-refractivity contribution in [1.82, 2.24) is 15.3 Å². The summed E-state index contributed by atoms with van der Waals surface area (Å²) < 4.78 is 5.47. The zero-order valence-corrected chi connectivity index (χ0v) is 13.0. The van der Waals surface area contributed by atoms with Gasteiger partial charge in [-0.15, -0.1) is 0 Å². The average molecular weight is 293 g/mol. The molecule has 0 spiro atoms. The van der Waals surface area contributed by atoms with E-state index < -0.39 is 6.04 Å². The fourth-order valence-electron chi connectivity index (χ4n) is 1.89. The topological polar surface area (TPSA) is 81.2 Å². The summed E-state index contributed by atoms with van der Waals surface area (Å²) in [6.07, 6.45) is 4.18. The number of ether oxygens (including phenoxy) is 1. The van der Waals surface area contributed by atoms with Gasteiger partial charge in [0.1, 0.15) is 5.82 Å². The van der Waals surface area contributed by atoms with E-state index in [4.69, 9.17) is 4.74 Å². The maximum atomic E-state index is 12.1. The molecule has 0 fully saturated rings. The summed E-state index contributed by atoms with van der Waals surface area (Å²) in [6, 6.07) is -0.426. The van der Waals surface area contributed by atoms with Crippen molar-refractivity contribution in [2.24, 2.45) is 5.92 Å². The van der Waals surface area contributed by atoms with Gasteiger partial charge in [0, 0.05) is 13.3 Å². The van der Waals surface area contributed by atoms with Crippen LogP contribution in [0.15, 0.2) is 12.4 Å². The SMILES string of the molecule is CC(=O)N[C@H](C(=O)CCCOc1cnc(C)nc1)C(C)C. The lowest BCUT2D eigenvalue weighted by molar-refractivity contribution is -0.127. The predicted octanol–water partition coefficient (Wildman–Crippen LogP) is 1.67. The molecule has 1 aromatic rings. The number of aromatic nitrogens is 2. The summed E-state index contributed by atoms with van der Waals surface area (Å²) in [5.41, 5.74) is 0. The number of carbonyl (C=O) groups is 2. The zero-order chi connectivity index (χ0) is 15.8. The van der Waals surface area contributed by atoms with Crippen molar-refractivity contribution in [2.45, 2.75) is 46.6 Å².